The van der Waals surface area contributed by atoms with Gasteiger partial charge in [0.1, 0.15) is 0 Å². The summed E-state index contributed by atoms with van der Waals surface area (Å²) in [6.07, 6.45) is 8.23. The van der Waals surface area contributed by atoms with Crippen molar-refractivity contribution in [2.24, 2.45) is 16.4 Å². The molecule has 5 nitrogen and oxygen atoms in total. The van der Waals surface area contributed by atoms with E-state index < -0.39 is 11.8 Å². The summed E-state index contributed by atoms with van der Waals surface area (Å²) in [5.41, 5.74) is 3.75. The van der Waals surface area contributed by atoms with E-state index in [1.807, 2.05) is 0 Å². The lowest BCUT2D eigenvalue weighted by Gasteiger charge is -2.34. The molecule has 0 bridgehead atoms. The maximum absolute atomic E-state index is 11.8. The molecule has 0 heterocycles. The molecule has 0 radical (unpaired) electrons. The quantitative estimate of drug-likeness (QED) is 0.608. The first-order valence-electron chi connectivity index (χ1n) is 8.52. The van der Waals surface area contributed by atoms with Gasteiger partial charge in [-0.25, -0.2) is 5.43 Å². The number of hydrogen-bond donors (Lipinski definition) is 2. The van der Waals surface area contributed by atoms with Crippen molar-refractivity contribution in [2.45, 2.75) is 78.2 Å². The largest absolute Gasteiger partial charge is 0.345 e. The van der Waals surface area contributed by atoms with E-state index in [-0.39, 0.29) is 6.04 Å². The van der Waals surface area contributed by atoms with Crippen molar-refractivity contribution in [3.05, 3.63) is 0 Å². The van der Waals surface area contributed by atoms with Gasteiger partial charge in [-0.3, -0.25) is 9.59 Å². The van der Waals surface area contributed by atoms with Crippen molar-refractivity contribution in [3.63, 3.8) is 0 Å². The van der Waals surface area contributed by atoms with Crippen molar-refractivity contribution in [1.29, 1.82) is 0 Å². The van der Waals surface area contributed by atoms with Gasteiger partial charge in [0.05, 0.1) is 0 Å². The second-order valence-electron chi connectivity index (χ2n) is 7.71. The average Bonchev–Trinajstić information content (AvgIpc) is 2.97. The molecule has 2 N–H and O–H groups in total. The zero-order chi connectivity index (χ0) is 16.2. The van der Waals surface area contributed by atoms with Gasteiger partial charge in [0.25, 0.3) is 0 Å². The molecule has 124 valence electrons. The van der Waals surface area contributed by atoms with Crippen molar-refractivity contribution in [3.8, 4) is 0 Å². The normalized spacial score (nSPS) is 23.2. The molecule has 0 aromatic carbocycles. The summed E-state index contributed by atoms with van der Waals surface area (Å²) in [6.45, 7) is 6.82. The van der Waals surface area contributed by atoms with Gasteiger partial charge in [0, 0.05) is 11.8 Å². The van der Waals surface area contributed by atoms with Crippen LogP contribution in [0.1, 0.15) is 72.1 Å². The number of hydrazone groups is 1. The first-order valence-corrected chi connectivity index (χ1v) is 8.52. The third kappa shape index (κ3) is 4.82. The second kappa shape index (κ2) is 7.25. The fourth-order valence-corrected chi connectivity index (χ4v) is 3.43. The van der Waals surface area contributed by atoms with Crippen LogP contribution in [0.5, 0.6) is 0 Å². The van der Waals surface area contributed by atoms with Gasteiger partial charge in [-0.1, -0.05) is 33.6 Å². The van der Waals surface area contributed by atoms with Crippen molar-refractivity contribution in [2.75, 3.05) is 0 Å². The third-order valence-electron chi connectivity index (χ3n) is 5.00. The highest BCUT2D eigenvalue weighted by Crippen LogP contribution is 2.36. The summed E-state index contributed by atoms with van der Waals surface area (Å²) in [5, 5.41) is 6.92. The van der Waals surface area contributed by atoms with E-state index in [4.69, 9.17) is 0 Å². The van der Waals surface area contributed by atoms with Gasteiger partial charge in [0.2, 0.25) is 0 Å². The molecule has 5 heteroatoms. The van der Waals surface area contributed by atoms with E-state index in [0.717, 1.165) is 57.1 Å². The van der Waals surface area contributed by atoms with Gasteiger partial charge in [-0.05, 0) is 49.9 Å². The molecule has 2 fully saturated rings. The Balaban J connectivity index is 1.74. The van der Waals surface area contributed by atoms with E-state index in [0.29, 0.717) is 11.3 Å². The summed E-state index contributed by atoms with van der Waals surface area (Å²) < 4.78 is 0. The Morgan fingerprint density at radius 2 is 1.59 bits per heavy atom. The smallest absolute Gasteiger partial charge is 0.329 e. The fourth-order valence-electron chi connectivity index (χ4n) is 3.43. The van der Waals surface area contributed by atoms with Gasteiger partial charge >= 0.3 is 11.8 Å². The maximum Gasteiger partial charge on any atom is 0.329 e. The van der Waals surface area contributed by atoms with Gasteiger partial charge in [-0.2, -0.15) is 5.10 Å². The Kier molecular flexibility index (Phi) is 5.59. The molecule has 0 atom stereocenters. The van der Waals surface area contributed by atoms with E-state index in [2.05, 4.69) is 36.6 Å². The van der Waals surface area contributed by atoms with Crippen LogP contribution < -0.4 is 10.7 Å². The van der Waals surface area contributed by atoms with Crippen LogP contribution in [-0.4, -0.2) is 23.6 Å². The van der Waals surface area contributed by atoms with E-state index in [9.17, 15) is 9.59 Å². The molecule has 2 rings (SSSR count). The SMILES string of the molecule is CC(C)(C)C1CCC(=NNC(=O)C(=O)NC2CCCC2)CC1. The lowest BCUT2D eigenvalue weighted by Crippen LogP contribution is -2.42. The zero-order valence-corrected chi connectivity index (χ0v) is 14.1. The molecule has 0 aliphatic heterocycles. The van der Waals surface area contributed by atoms with Gasteiger partial charge in [-0.15, -0.1) is 0 Å². The standard InChI is InChI=1S/C17H29N3O2/c1-17(2,3)12-8-10-14(11-9-12)19-20-16(22)15(21)18-13-6-4-5-7-13/h12-13H,4-11H2,1-3H3,(H,18,21)(H,20,22). The zero-order valence-electron chi connectivity index (χ0n) is 14.1. The Morgan fingerprint density at radius 3 is 2.14 bits per heavy atom. The van der Waals surface area contributed by atoms with Gasteiger partial charge in [0.15, 0.2) is 0 Å². The molecule has 0 aromatic rings. The molecule has 0 spiro atoms. The number of hydrogen-bond acceptors (Lipinski definition) is 3. The van der Waals surface area contributed by atoms with Crippen LogP contribution in [0.4, 0.5) is 0 Å². The minimum absolute atomic E-state index is 0.160. The number of carbonyl (C=O) groups excluding carboxylic acids is 2. The number of nitrogens with one attached hydrogen (secondary N) is 2. The van der Waals surface area contributed by atoms with Crippen LogP contribution in [0.15, 0.2) is 5.10 Å². The fraction of sp³-hybridized carbons (Fsp3) is 0.824. The number of rotatable bonds is 2. The minimum atomic E-state index is -0.641. The van der Waals surface area contributed by atoms with Crippen LogP contribution in [0, 0.1) is 11.3 Å². The number of carbonyl (C=O) groups is 2. The minimum Gasteiger partial charge on any atom is -0.345 e. The van der Waals surface area contributed by atoms with E-state index in [1.165, 1.54) is 0 Å². The molecule has 0 saturated heterocycles. The molecule has 2 amide bonds. The highest BCUT2D eigenvalue weighted by molar-refractivity contribution is 6.35. The van der Waals surface area contributed by atoms with Crippen molar-refractivity contribution in [1.82, 2.24) is 10.7 Å². The Bertz CT molecular complexity index is 435. The molecule has 2 saturated carbocycles. The Hall–Kier alpha value is -1.39. The van der Waals surface area contributed by atoms with E-state index in [1.54, 1.807) is 0 Å². The summed E-state index contributed by atoms with van der Waals surface area (Å²) in [5.74, 6) is -0.496. The Labute approximate surface area is 133 Å². The summed E-state index contributed by atoms with van der Waals surface area (Å²) in [6, 6.07) is 0.160. The first kappa shape index (κ1) is 17.0. The monoisotopic (exact) mass is 307 g/mol. The molecule has 22 heavy (non-hydrogen) atoms. The molecular weight excluding hydrogens is 278 g/mol. The third-order valence-corrected chi connectivity index (χ3v) is 5.00. The van der Waals surface area contributed by atoms with Crippen molar-refractivity contribution < 1.29 is 9.59 Å². The van der Waals surface area contributed by atoms with Crippen molar-refractivity contribution >= 4 is 17.5 Å². The second-order valence-corrected chi connectivity index (χ2v) is 7.71. The molecule has 0 aromatic heterocycles. The average molecular weight is 307 g/mol. The van der Waals surface area contributed by atoms with Crippen LogP contribution in [0.3, 0.4) is 0 Å². The predicted octanol–water partition coefficient (Wildman–Crippen LogP) is 2.75. The number of nitrogens with zero attached hydrogens (tertiary/aromatic N) is 1. The summed E-state index contributed by atoms with van der Waals surface area (Å²) in [4.78, 5) is 23.5. The van der Waals surface area contributed by atoms with Crippen LogP contribution in [-0.2, 0) is 9.59 Å². The topological polar surface area (TPSA) is 70.6 Å². The van der Waals surface area contributed by atoms with Crippen LogP contribution in [0.2, 0.25) is 0 Å². The molecular formula is C17H29N3O2. The molecule has 2 aliphatic rings. The Morgan fingerprint density at radius 1 is 1.00 bits per heavy atom. The maximum atomic E-state index is 11.8. The first-order chi connectivity index (χ1) is 10.4. The highest BCUT2D eigenvalue weighted by atomic mass is 16.2. The van der Waals surface area contributed by atoms with Crippen LogP contribution in [0.25, 0.3) is 0 Å². The molecule has 0 unspecified atom stereocenters. The summed E-state index contributed by atoms with van der Waals surface area (Å²) >= 11 is 0. The van der Waals surface area contributed by atoms with E-state index >= 15 is 0 Å². The number of amides is 2. The lowest BCUT2D eigenvalue weighted by molar-refractivity contribution is -0.139. The van der Waals surface area contributed by atoms with Gasteiger partial charge < -0.3 is 5.32 Å². The van der Waals surface area contributed by atoms with Crippen LogP contribution >= 0.6 is 0 Å². The molecule has 2 aliphatic carbocycles. The lowest BCUT2D eigenvalue weighted by atomic mass is 9.72. The highest BCUT2D eigenvalue weighted by Gasteiger charge is 2.28. The predicted molar refractivity (Wildman–Crippen MR) is 87.4 cm³/mol. The summed E-state index contributed by atoms with van der Waals surface area (Å²) in [7, 11) is 0.